The molecule has 0 amide bonds. The number of rotatable bonds is 2. The van der Waals surface area contributed by atoms with Crippen molar-refractivity contribution < 1.29 is 9.53 Å². The fourth-order valence-electron chi connectivity index (χ4n) is 3.00. The molecule has 0 radical (unpaired) electrons. The number of nitrogens with zero attached hydrogens (tertiary/aromatic N) is 1. The van der Waals surface area contributed by atoms with Crippen LogP contribution in [0.15, 0.2) is 48.7 Å². The van der Waals surface area contributed by atoms with E-state index in [2.05, 4.69) is 4.98 Å². The van der Waals surface area contributed by atoms with Crippen molar-refractivity contribution in [3.8, 4) is 0 Å². The third-order valence-corrected chi connectivity index (χ3v) is 4.18. The van der Waals surface area contributed by atoms with Gasteiger partial charge in [0, 0.05) is 48.0 Å². The molecule has 1 atom stereocenters. The van der Waals surface area contributed by atoms with E-state index in [0.717, 1.165) is 27.7 Å². The zero-order valence-electron chi connectivity index (χ0n) is 12.5. The van der Waals surface area contributed by atoms with Crippen molar-refractivity contribution in [3.05, 3.63) is 65.4 Å². The number of hydrogen-bond donors (Lipinski definition) is 1. The summed E-state index contributed by atoms with van der Waals surface area (Å²) in [5, 5.41) is 1.09. The first-order chi connectivity index (χ1) is 10.6. The number of aromatic amines is 1. The Bertz CT molecular complexity index is 880. The van der Waals surface area contributed by atoms with Crippen LogP contribution >= 0.6 is 0 Å². The van der Waals surface area contributed by atoms with Gasteiger partial charge in [-0.05, 0) is 18.2 Å². The predicted octanol–water partition coefficient (Wildman–Crippen LogP) is 3.49. The van der Waals surface area contributed by atoms with Gasteiger partial charge in [0.25, 0.3) is 0 Å². The Morgan fingerprint density at radius 3 is 2.73 bits per heavy atom. The topological polar surface area (TPSA) is 45.3 Å². The SMILES string of the molecule is CN(C)c1ccc2c(c1)C(=O)OC2c1c[nH]c2ccccc12. The van der Waals surface area contributed by atoms with E-state index in [0.29, 0.717) is 5.56 Å². The van der Waals surface area contributed by atoms with Gasteiger partial charge in [0.1, 0.15) is 0 Å². The van der Waals surface area contributed by atoms with Crippen LogP contribution in [-0.4, -0.2) is 25.0 Å². The van der Waals surface area contributed by atoms with Crippen molar-refractivity contribution in [2.24, 2.45) is 0 Å². The molecule has 0 aliphatic carbocycles. The first-order valence-electron chi connectivity index (χ1n) is 7.23. The minimum atomic E-state index is -0.338. The fraction of sp³-hybridized carbons (Fsp3) is 0.167. The molecule has 4 rings (SSSR count). The van der Waals surface area contributed by atoms with Gasteiger partial charge >= 0.3 is 5.97 Å². The maximum absolute atomic E-state index is 12.2. The fourth-order valence-corrected chi connectivity index (χ4v) is 3.00. The van der Waals surface area contributed by atoms with E-state index in [4.69, 9.17) is 4.74 Å². The van der Waals surface area contributed by atoms with Gasteiger partial charge in [0.05, 0.1) is 5.56 Å². The number of fused-ring (bicyclic) bond motifs is 2. The van der Waals surface area contributed by atoms with Gasteiger partial charge < -0.3 is 14.6 Å². The van der Waals surface area contributed by atoms with Crippen LogP contribution in [0.3, 0.4) is 0 Å². The van der Waals surface area contributed by atoms with E-state index < -0.39 is 0 Å². The summed E-state index contributed by atoms with van der Waals surface area (Å²) in [5.74, 6) is -0.256. The second-order valence-corrected chi connectivity index (χ2v) is 5.74. The molecule has 2 heterocycles. The molecule has 0 bridgehead atoms. The average molecular weight is 292 g/mol. The highest BCUT2D eigenvalue weighted by Gasteiger charge is 2.33. The highest BCUT2D eigenvalue weighted by atomic mass is 16.5. The Morgan fingerprint density at radius 1 is 1.09 bits per heavy atom. The minimum Gasteiger partial charge on any atom is -0.449 e. The number of anilines is 1. The zero-order chi connectivity index (χ0) is 15.3. The molecular weight excluding hydrogens is 276 g/mol. The van der Waals surface area contributed by atoms with Crippen LogP contribution in [0.5, 0.6) is 0 Å². The number of H-pyrrole nitrogens is 1. The van der Waals surface area contributed by atoms with Crippen LogP contribution < -0.4 is 4.90 Å². The van der Waals surface area contributed by atoms with E-state index in [1.54, 1.807) is 0 Å². The Hall–Kier alpha value is -2.75. The summed E-state index contributed by atoms with van der Waals surface area (Å²) in [5.41, 5.74) is 4.63. The van der Waals surface area contributed by atoms with E-state index in [-0.39, 0.29) is 12.1 Å². The number of ether oxygens (including phenoxy) is 1. The van der Waals surface area contributed by atoms with E-state index in [1.165, 1.54) is 0 Å². The maximum Gasteiger partial charge on any atom is 0.339 e. The first-order valence-corrected chi connectivity index (χ1v) is 7.23. The number of carbonyl (C=O) groups excluding carboxylic acids is 1. The smallest absolute Gasteiger partial charge is 0.339 e. The van der Waals surface area contributed by atoms with Crippen molar-refractivity contribution in [3.63, 3.8) is 0 Å². The summed E-state index contributed by atoms with van der Waals surface area (Å²) in [6.07, 6.45) is 1.59. The number of benzene rings is 2. The van der Waals surface area contributed by atoms with Gasteiger partial charge in [-0.1, -0.05) is 24.3 Å². The Morgan fingerprint density at radius 2 is 1.91 bits per heavy atom. The summed E-state index contributed by atoms with van der Waals surface area (Å²) < 4.78 is 5.64. The minimum absolute atomic E-state index is 0.256. The van der Waals surface area contributed by atoms with Crippen LogP contribution in [0.2, 0.25) is 0 Å². The normalized spacial score (nSPS) is 16.6. The third-order valence-electron chi connectivity index (χ3n) is 4.18. The first kappa shape index (κ1) is 13.0. The molecule has 0 saturated carbocycles. The van der Waals surface area contributed by atoms with E-state index in [9.17, 15) is 4.79 Å². The van der Waals surface area contributed by atoms with Gasteiger partial charge in [0.15, 0.2) is 6.10 Å². The molecule has 1 N–H and O–H groups in total. The molecule has 2 aromatic carbocycles. The van der Waals surface area contributed by atoms with E-state index >= 15 is 0 Å². The molecule has 0 saturated heterocycles. The molecule has 4 heteroatoms. The summed E-state index contributed by atoms with van der Waals surface area (Å²) >= 11 is 0. The number of hydrogen-bond acceptors (Lipinski definition) is 3. The molecule has 22 heavy (non-hydrogen) atoms. The molecule has 1 unspecified atom stereocenters. The van der Waals surface area contributed by atoms with Gasteiger partial charge in [-0.15, -0.1) is 0 Å². The lowest BCUT2D eigenvalue weighted by atomic mass is 9.98. The van der Waals surface area contributed by atoms with Crippen molar-refractivity contribution in [2.45, 2.75) is 6.10 Å². The quantitative estimate of drug-likeness (QED) is 0.735. The van der Waals surface area contributed by atoms with Crippen LogP contribution in [0.25, 0.3) is 10.9 Å². The third kappa shape index (κ3) is 1.80. The molecule has 1 aromatic heterocycles. The Labute approximate surface area is 128 Å². The van der Waals surface area contributed by atoms with Crippen molar-refractivity contribution in [2.75, 3.05) is 19.0 Å². The van der Waals surface area contributed by atoms with Crippen LogP contribution in [-0.2, 0) is 4.74 Å². The number of nitrogens with one attached hydrogen (secondary N) is 1. The summed E-state index contributed by atoms with van der Waals surface area (Å²) in [6.45, 7) is 0. The van der Waals surface area contributed by atoms with Gasteiger partial charge in [-0.2, -0.15) is 0 Å². The lowest BCUT2D eigenvalue weighted by molar-refractivity contribution is 0.0458. The molecular formula is C18H16N2O2. The van der Waals surface area contributed by atoms with E-state index in [1.807, 2.05) is 67.7 Å². The van der Waals surface area contributed by atoms with Crippen molar-refractivity contribution in [1.82, 2.24) is 4.98 Å². The highest BCUT2D eigenvalue weighted by Crippen LogP contribution is 2.39. The Kier molecular flexibility index (Phi) is 2.73. The van der Waals surface area contributed by atoms with Crippen LogP contribution in [0, 0.1) is 0 Å². The molecule has 1 aliphatic heterocycles. The molecule has 0 spiro atoms. The summed E-state index contributed by atoms with van der Waals surface area (Å²) in [4.78, 5) is 17.5. The van der Waals surface area contributed by atoms with Crippen LogP contribution in [0.1, 0.15) is 27.6 Å². The van der Waals surface area contributed by atoms with Crippen molar-refractivity contribution in [1.29, 1.82) is 0 Å². The maximum atomic E-state index is 12.2. The predicted molar refractivity (Wildman–Crippen MR) is 86.3 cm³/mol. The molecule has 1 aliphatic rings. The summed E-state index contributed by atoms with van der Waals surface area (Å²) in [7, 11) is 3.91. The molecule has 4 nitrogen and oxygen atoms in total. The number of para-hydroxylation sites is 1. The van der Waals surface area contributed by atoms with Gasteiger partial charge in [-0.3, -0.25) is 0 Å². The number of carbonyl (C=O) groups is 1. The second kappa shape index (κ2) is 4.63. The monoisotopic (exact) mass is 292 g/mol. The van der Waals surface area contributed by atoms with Crippen LogP contribution in [0.4, 0.5) is 5.69 Å². The molecule has 110 valence electrons. The lowest BCUT2D eigenvalue weighted by Gasteiger charge is -2.13. The number of cyclic esters (lactones) is 1. The lowest BCUT2D eigenvalue weighted by Crippen LogP contribution is -2.09. The Balaban J connectivity index is 1.85. The molecule has 3 aromatic rings. The second-order valence-electron chi connectivity index (χ2n) is 5.74. The van der Waals surface area contributed by atoms with Gasteiger partial charge in [0.2, 0.25) is 0 Å². The standard InChI is InChI=1S/C18H16N2O2/c1-20(2)11-7-8-13-14(9-11)18(21)22-17(13)15-10-19-16-6-4-3-5-12(15)16/h3-10,17,19H,1-2H3. The van der Waals surface area contributed by atoms with Crippen molar-refractivity contribution >= 4 is 22.6 Å². The largest absolute Gasteiger partial charge is 0.449 e. The number of aromatic nitrogens is 1. The van der Waals surface area contributed by atoms with Gasteiger partial charge in [-0.25, -0.2) is 4.79 Å². The highest BCUT2D eigenvalue weighted by molar-refractivity contribution is 5.97. The average Bonchev–Trinajstić information content (AvgIpc) is 3.08. The zero-order valence-corrected chi connectivity index (χ0v) is 12.5. The molecule has 0 fully saturated rings. The number of esters is 1. The summed E-state index contributed by atoms with van der Waals surface area (Å²) in [6, 6.07) is 13.9.